The highest BCUT2D eigenvalue weighted by Gasteiger charge is 2.17. The highest BCUT2D eigenvalue weighted by Crippen LogP contribution is 2.29. The summed E-state index contributed by atoms with van der Waals surface area (Å²) in [7, 11) is 2.98. The number of thiophene rings is 1. The quantitative estimate of drug-likeness (QED) is 0.455. The molecule has 0 bridgehead atoms. The van der Waals surface area contributed by atoms with Crippen LogP contribution in [0.5, 0.6) is 11.5 Å². The molecular formula is C20H18N2O6S. The van der Waals surface area contributed by atoms with Crippen LogP contribution >= 0.6 is 11.3 Å². The molecule has 0 spiro atoms. The third-order valence-electron chi connectivity index (χ3n) is 3.90. The number of amides is 2. The monoisotopic (exact) mass is 414 g/mol. The molecule has 0 radical (unpaired) electrons. The minimum Gasteiger partial charge on any atom is -0.493 e. The number of furan rings is 1. The van der Waals surface area contributed by atoms with E-state index in [0.29, 0.717) is 22.1 Å². The van der Waals surface area contributed by atoms with Crippen LogP contribution in [0.3, 0.4) is 0 Å². The number of ether oxygens (including phenoxy) is 2. The van der Waals surface area contributed by atoms with E-state index in [-0.39, 0.29) is 18.1 Å². The Morgan fingerprint density at radius 1 is 1.00 bits per heavy atom. The van der Waals surface area contributed by atoms with E-state index >= 15 is 0 Å². The number of hydrogen-bond acceptors (Lipinski definition) is 7. The van der Waals surface area contributed by atoms with Crippen molar-refractivity contribution in [3.8, 4) is 11.5 Å². The zero-order valence-corrected chi connectivity index (χ0v) is 16.5. The number of carbonyl (C=O) groups excluding carboxylic acids is 3. The molecule has 9 heteroatoms. The zero-order valence-electron chi connectivity index (χ0n) is 15.7. The van der Waals surface area contributed by atoms with Gasteiger partial charge in [0.05, 0.1) is 31.9 Å². The number of ketones is 1. The molecule has 2 aromatic heterocycles. The van der Waals surface area contributed by atoms with Crippen molar-refractivity contribution < 1.29 is 28.3 Å². The number of rotatable bonds is 7. The van der Waals surface area contributed by atoms with Gasteiger partial charge in [0.1, 0.15) is 0 Å². The molecule has 3 aromatic rings. The molecule has 3 rings (SSSR count). The summed E-state index contributed by atoms with van der Waals surface area (Å²) in [6.07, 6.45) is 1.43. The predicted molar refractivity (Wildman–Crippen MR) is 106 cm³/mol. The predicted octanol–water partition coefficient (Wildman–Crippen LogP) is 2.84. The van der Waals surface area contributed by atoms with Gasteiger partial charge in [0.25, 0.3) is 0 Å². The number of anilines is 1. The summed E-state index contributed by atoms with van der Waals surface area (Å²) in [5.74, 6) is -0.668. The Labute approximate surface area is 170 Å². The molecule has 1 aromatic carbocycles. The van der Waals surface area contributed by atoms with Crippen LogP contribution in [-0.4, -0.2) is 31.8 Å². The van der Waals surface area contributed by atoms with Gasteiger partial charge in [-0.05, 0) is 36.4 Å². The Morgan fingerprint density at radius 2 is 1.79 bits per heavy atom. The second-order valence-electron chi connectivity index (χ2n) is 5.78. The summed E-state index contributed by atoms with van der Waals surface area (Å²) in [5, 5.41) is 5.02. The molecule has 0 aliphatic heterocycles. The molecule has 29 heavy (non-hydrogen) atoms. The van der Waals surface area contributed by atoms with Crippen molar-refractivity contribution in [3.05, 3.63) is 64.2 Å². The van der Waals surface area contributed by atoms with Crippen LogP contribution in [0.25, 0.3) is 0 Å². The molecule has 2 N–H and O–H groups in total. The number of hydrogen-bond donors (Lipinski definition) is 2. The topological polar surface area (TPSA) is 107 Å². The van der Waals surface area contributed by atoms with E-state index in [9.17, 15) is 14.4 Å². The largest absolute Gasteiger partial charge is 0.493 e. The second-order valence-corrected chi connectivity index (χ2v) is 6.95. The number of methoxy groups -OCH3 is 2. The minimum atomic E-state index is -0.819. The lowest BCUT2D eigenvalue weighted by Gasteiger charge is -2.10. The van der Waals surface area contributed by atoms with Crippen molar-refractivity contribution in [2.24, 2.45) is 0 Å². The summed E-state index contributed by atoms with van der Waals surface area (Å²) >= 11 is 1.22. The van der Waals surface area contributed by atoms with Crippen LogP contribution < -0.4 is 20.1 Å². The van der Waals surface area contributed by atoms with Crippen LogP contribution in [0.15, 0.2) is 53.1 Å². The standard InChI is InChI=1S/C20H18N2O6S/c1-26-14-7-5-12(10-16(14)27-2)22-20(25)19(24)21-11-13-6-8-17(29-13)18(23)15-4-3-9-28-15/h3-10H,11H2,1-2H3,(H,21,24)(H,22,25). The van der Waals surface area contributed by atoms with Crippen LogP contribution in [0, 0.1) is 0 Å². The highest BCUT2D eigenvalue weighted by molar-refractivity contribution is 7.14. The average molecular weight is 414 g/mol. The molecule has 8 nitrogen and oxygen atoms in total. The molecule has 0 atom stereocenters. The first-order valence-electron chi connectivity index (χ1n) is 8.50. The van der Waals surface area contributed by atoms with E-state index in [1.165, 1.54) is 31.8 Å². The van der Waals surface area contributed by atoms with E-state index < -0.39 is 11.8 Å². The smallest absolute Gasteiger partial charge is 0.313 e. The molecular weight excluding hydrogens is 396 g/mol. The van der Waals surface area contributed by atoms with Gasteiger partial charge in [-0.15, -0.1) is 11.3 Å². The molecule has 150 valence electrons. The fourth-order valence-electron chi connectivity index (χ4n) is 2.47. The maximum absolute atomic E-state index is 12.2. The van der Waals surface area contributed by atoms with Gasteiger partial charge in [-0.1, -0.05) is 0 Å². The van der Waals surface area contributed by atoms with Gasteiger partial charge in [0.15, 0.2) is 17.3 Å². The highest BCUT2D eigenvalue weighted by atomic mass is 32.1. The SMILES string of the molecule is COc1ccc(NC(=O)C(=O)NCc2ccc(C(=O)c3ccco3)s2)cc1OC. The normalized spacial score (nSPS) is 10.3. The molecule has 0 unspecified atom stereocenters. The first-order chi connectivity index (χ1) is 14.0. The Hall–Kier alpha value is -3.59. The number of nitrogens with one attached hydrogen (secondary N) is 2. The third kappa shape index (κ3) is 4.82. The van der Waals surface area contributed by atoms with Crippen LogP contribution in [0.4, 0.5) is 5.69 Å². The molecule has 2 heterocycles. The lowest BCUT2D eigenvalue weighted by atomic mass is 10.2. The molecule has 0 saturated carbocycles. The maximum Gasteiger partial charge on any atom is 0.313 e. The van der Waals surface area contributed by atoms with E-state index in [4.69, 9.17) is 13.9 Å². The van der Waals surface area contributed by atoms with Crippen LogP contribution in [0.1, 0.15) is 20.3 Å². The molecule has 0 aliphatic carbocycles. The second kappa shape index (κ2) is 9.07. The van der Waals surface area contributed by atoms with E-state index in [0.717, 1.165) is 4.88 Å². The average Bonchev–Trinajstić information content (AvgIpc) is 3.43. The number of benzene rings is 1. The van der Waals surface area contributed by atoms with Gasteiger partial charge in [-0.3, -0.25) is 14.4 Å². The van der Waals surface area contributed by atoms with Crippen molar-refractivity contribution in [3.63, 3.8) is 0 Å². The maximum atomic E-state index is 12.2. The molecule has 0 aliphatic rings. The van der Waals surface area contributed by atoms with Crippen molar-refractivity contribution >= 4 is 34.6 Å². The van der Waals surface area contributed by atoms with Crippen molar-refractivity contribution in [1.29, 1.82) is 0 Å². The first-order valence-corrected chi connectivity index (χ1v) is 9.31. The minimum absolute atomic E-state index is 0.119. The van der Waals surface area contributed by atoms with E-state index in [1.54, 1.807) is 42.5 Å². The lowest BCUT2D eigenvalue weighted by molar-refractivity contribution is -0.136. The third-order valence-corrected chi connectivity index (χ3v) is 4.99. The van der Waals surface area contributed by atoms with Crippen molar-refractivity contribution in [2.75, 3.05) is 19.5 Å². The zero-order chi connectivity index (χ0) is 20.8. The molecule has 0 fully saturated rings. The van der Waals surface area contributed by atoms with E-state index in [1.807, 2.05) is 0 Å². The summed E-state index contributed by atoms with van der Waals surface area (Å²) < 4.78 is 15.4. The lowest BCUT2D eigenvalue weighted by Crippen LogP contribution is -2.34. The molecule has 0 saturated heterocycles. The summed E-state index contributed by atoms with van der Waals surface area (Å²) in [6.45, 7) is 0.119. The Bertz CT molecular complexity index is 1030. The van der Waals surface area contributed by atoms with Crippen LogP contribution in [-0.2, 0) is 16.1 Å². The van der Waals surface area contributed by atoms with Gasteiger partial charge in [0, 0.05) is 16.6 Å². The van der Waals surface area contributed by atoms with Crippen LogP contribution in [0.2, 0.25) is 0 Å². The Morgan fingerprint density at radius 3 is 2.48 bits per heavy atom. The van der Waals surface area contributed by atoms with E-state index in [2.05, 4.69) is 10.6 Å². The Kier molecular flexibility index (Phi) is 6.30. The van der Waals surface area contributed by atoms with Gasteiger partial charge in [0.2, 0.25) is 5.78 Å². The van der Waals surface area contributed by atoms with Crippen molar-refractivity contribution in [1.82, 2.24) is 5.32 Å². The van der Waals surface area contributed by atoms with Gasteiger partial charge < -0.3 is 24.5 Å². The number of carbonyl (C=O) groups is 3. The van der Waals surface area contributed by atoms with Crippen molar-refractivity contribution in [2.45, 2.75) is 6.54 Å². The fraction of sp³-hybridized carbons (Fsp3) is 0.150. The summed E-state index contributed by atoms with van der Waals surface area (Å²) in [5.41, 5.74) is 0.394. The fourth-order valence-corrected chi connectivity index (χ4v) is 3.37. The summed E-state index contributed by atoms with van der Waals surface area (Å²) in [4.78, 5) is 37.6. The Balaban J connectivity index is 1.55. The van der Waals surface area contributed by atoms with Gasteiger partial charge in [-0.25, -0.2) is 0 Å². The van der Waals surface area contributed by atoms with Gasteiger partial charge in [-0.2, -0.15) is 0 Å². The summed E-state index contributed by atoms with van der Waals surface area (Å²) in [6, 6.07) is 11.4. The molecule has 2 amide bonds. The van der Waals surface area contributed by atoms with Gasteiger partial charge >= 0.3 is 11.8 Å². The first kappa shape index (κ1) is 20.2.